The number of allylic oxidation sites excluding steroid dienone is 1. The number of rotatable bonds is 9. The molecule has 0 saturated heterocycles. The van der Waals surface area contributed by atoms with Gasteiger partial charge in [-0.15, -0.1) is 0 Å². The van der Waals surface area contributed by atoms with Gasteiger partial charge in [0.15, 0.2) is 0 Å². The Morgan fingerprint density at radius 2 is 2.03 bits per heavy atom. The van der Waals surface area contributed by atoms with Crippen LogP contribution < -0.4 is 10.5 Å². The van der Waals surface area contributed by atoms with E-state index in [0.717, 1.165) is 5.56 Å². The Morgan fingerprint density at radius 1 is 1.31 bits per heavy atom. The van der Waals surface area contributed by atoms with Gasteiger partial charge < -0.3 is 15.9 Å². The van der Waals surface area contributed by atoms with Crippen LogP contribution in [0.15, 0.2) is 49.1 Å². The number of hydrogen-bond acceptors (Lipinski definition) is 6. The number of aryl methyl sites for hydroxylation is 1. The van der Waals surface area contributed by atoms with Gasteiger partial charge in [0, 0.05) is 63.8 Å². The lowest BCUT2D eigenvalue weighted by Gasteiger charge is -2.18. The molecule has 32 heavy (non-hydrogen) atoms. The van der Waals surface area contributed by atoms with E-state index in [1.165, 1.54) is 12.4 Å². The lowest BCUT2D eigenvalue weighted by atomic mass is 10.1. The number of nitrogens with zero attached hydrogens (tertiary/aromatic N) is 3. The number of pyridine rings is 1. The van der Waals surface area contributed by atoms with Crippen molar-refractivity contribution in [3.63, 3.8) is 0 Å². The van der Waals surface area contributed by atoms with Crippen molar-refractivity contribution in [2.75, 3.05) is 17.7 Å². The van der Waals surface area contributed by atoms with Gasteiger partial charge in [-0.25, -0.2) is 0 Å². The monoisotopic (exact) mass is 491 g/mol. The molecule has 0 spiro atoms. The highest BCUT2D eigenvalue weighted by atomic mass is 35.5. The van der Waals surface area contributed by atoms with E-state index in [9.17, 15) is 4.21 Å². The summed E-state index contributed by atoms with van der Waals surface area (Å²) >= 11 is 12.4. The van der Waals surface area contributed by atoms with Gasteiger partial charge in [-0.3, -0.25) is 13.9 Å². The smallest absolute Gasteiger partial charge is 0.124 e. The van der Waals surface area contributed by atoms with Gasteiger partial charge in [0.05, 0.1) is 28.5 Å². The van der Waals surface area contributed by atoms with Crippen molar-refractivity contribution in [1.29, 1.82) is 5.41 Å². The fourth-order valence-corrected chi connectivity index (χ4v) is 4.11. The van der Waals surface area contributed by atoms with Gasteiger partial charge in [0.25, 0.3) is 0 Å². The third-order valence-electron chi connectivity index (χ3n) is 4.63. The van der Waals surface area contributed by atoms with Crippen LogP contribution in [0.3, 0.4) is 0 Å². The molecule has 7 nitrogen and oxygen atoms in total. The van der Waals surface area contributed by atoms with Crippen molar-refractivity contribution in [2.45, 2.75) is 19.6 Å². The Kier molecular flexibility index (Phi) is 8.06. The fraction of sp³-hybridized carbons (Fsp3) is 0.227. The summed E-state index contributed by atoms with van der Waals surface area (Å²) < 4.78 is 19.0. The predicted molar refractivity (Wildman–Crippen MR) is 131 cm³/mol. The van der Waals surface area contributed by atoms with Gasteiger partial charge in [0.1, 0.15) is 11.9 Å². The molecular weight excluding hydrogens is 469 g/mol. The summed E-state index contributed by atoms with van der Waals surface area (Å²) in [5, 5.41) is 13.5. The zero-order valence-corrected chi connectivity index (χ0v) is 19.9. The lowest BCUT2D eigenvalue weighted by Crippen LogP contribution is -2.07. The van der Waals surface area contributed by atoms with E-state index in [2.05, 4.69) is 10.1 Å². The largest absolute Gasteiger partial charge is 0.486 e. The highest BCUT2D eigenvalue weighted by Crippen LogP contribution is 2.33. The summed E-state index contributed by atoms with van der Waals surface area (Å²) in [6, 6.07) is 5.14. The predicted octanol–water partition coefficient (Wildman–Crippen LogP) is 4.77. The molecule has 0 aliphatic heterocycles. The molecule has 168 valence electrons. The minimum atomic E-state index is -0.874. The molecule has 0 radical (unpaired) electrons. The molecule has 3 rings (SSSR count). The van der Waals surface area contributed by atoms with E-state index in [-0.39, 0.29) is 5.71 Å². The molecule has 2 heterocycles. The zero-order valence-electron chi connectivity index (χ0n) is 17.6. The highest BCUT2D eigenvalue weighted by molar-refractivity contribution is 7.84. The third-order valence-corrected chi connectivity index (χ3v) is 5.99. The number of benzene rings is 1. The summed E-state index contributed by atoms with van der Waals surface area (Å²) in [5.74, 6) is 1.07. The minimum absolute atomic E-state index is 0.225. The first-order chi connectivity index (χ1) is 15.2. The maximum absolute atomic E-state index is 11.2. The maximum Gasteiger partial charge on any atom is 0.124 e. The van der Waals surface area contributed by atoms with E-state index in [0.29, 0.717) is 44.9 Å². The molecule has 0 aliphatic rings. The van der Waals surface area contributed by atoms with Crippen molar-refractivity contribution in [3.05, 3.63) is 75.8 Å². The molecule has 0 saturated carbocycles. The molecule has 3 N–H and O–H groups in total. The molecule has 1 aromatic carbocycles. The average molecular weight is 492 g/mol. The highest BCUT2D eigenvalue weighted by Gasteiger charge is 2.17. The Bertz CT molecular complexity index is 1160. The van der Waals surface area contributed by atoms with E-state index in [1.54, 1.807) is 47.5 Å². The standard InChI is InChI=1S/C22H23Cl2N5O2S/c1-14(22-18(23)11-27-12-19(22)24)31-16-4-6-21(26)17(9-16)20(25)5-3-15-10-28-29(13-15)7-8-32(2)30/h3-6,9-14,25H,7-8,26H2,1-2H3/b5-3+,25-20?. The molecule has 0 fully saturated rings. The van der Waals surface area contributed by atoms with Gasteiger partial charge in [-0.1, -0.05) is 23.2 Å². The Morgan fingerprint density at radius 3 is 2.72 bits per heavy atom. The van der Waals surface area contributed by atoms with Crippen LogP contribution in [0.1, 0.15) is 29.7 Å². The average Bonchev–Trinajstić information content (AvgIpc) is 3.19. The van der Waals surface area contributed by atoms with E-state index >= 15 is 0 Å². The number of nitrogens with two attached hydrogens (primary N) is 1. The second-order valence-electron chi connectivity index (χ2n) is 7.09. The molecule has 2 unspecified atom stereocenters. The summed E-state index contributed by atoms with van der Waals surface area (Å²) in [7, 11) is -0.874. The zero-order chi connectivity index (χ0) is 23.3. The molecule has 0 aliphatic carbocycles. The van der Waals surface area contributed by atoms with Crippen LogP contribution in [0.5, 0.6) is 5.75 Å². The Labute approximate surface area is 199 Å². The number of hydrogen-bond donors (Lipinski definition) is 2. The first kappa shape index (κ1) is 24.0. The van der Waals surface area contributed by atoms with Gasteiger partial charge in [-0.05, 0) is 37.3 Å². The topological polar surface area (TPSA) is 107 Å². The van der Waals surface area contributed by atoms with Crippen LogP contribution >= 0.6 is 23.2 Å². The van der Waals surface area contributed by atoms with Gasteiger partial charge in [-0.2, -0.15) is 5.10 Å². The van der Waals surface area contributed by atoms with Gasteiger partial charge >= 0.3 is 0 Å². The van der Waals surface area contributed by atoms with Crippen LogP contribution in [0.2, 0.25) is 10.0 Å². The van der Waals surface area contributed by atoms with Crippen LogP contribution in [-0.4, -0.2) is 36.7 Å². The van der Waals surface area contributed by atoms with Crippen LogP contribution in [0.25, 0.3) is 6.08 Å². The molecular formula is C22H23Cl2N5O2S. The number of ether oxygens (including phenoxy) is 1. The molecule has 0 amide bonds. The van der Waals surface area contributed by atoms with Crippen molar-refractivity contribution >= 4 is 51.5 Å². The molecule has 10 heteroatoms. The van der Waals surface area contributed by atoms with Crippen molar-refractivity contribution in [3.8, 4) is 5.75 Å². The summed E-state index contributed by atoms with van der Waals surface area (Å²) in [5.41, 5.74) is 8.78. The lowest BCUT2D eigenvalue weighted by molar-refractivity contribution is 0.227. The van der Waals surface area contributed by atoms with Crippen LogP contribution in [0.4, 0.5) is 5.69 Å². The second-order valence-corrected chi connectivity index (χ2v) is 9.46. The Balaban J connectivity index is 1.73. The maximum atomic E-state index is 11.2. The van der Waals surface area contributed by atoms with Crippen molar-refractivity contribution in [2.24, 2.45) is 0 Å². The number of nitrogens with one attached hydrogen (secondary N) is 1. The number of anilines is 1. The van der Waals surface area contributed by atoms with Crippen LogP contribution in [-0.2, 0) is 17.3 Å². The first-order valence-electron chi connectivity index (χ1n) is 9.69. The number of halogens is 2. The molecule has 2 aromatic heterocycles. The normalized spacial score (nSPS) is 13.2. The fourth-order valence-electron chi connectivity index (χ4n) is 2.99. The third kappa shape index (κ3) is 6.18. The number of aromatic nitrogens is 3. The molecule has 2 atom stereocenters. The van der Waals surface area contributed by atoms with E-state index < -0.39 is 16.9 Å². The summed E-state index contributed by atoms with van der Waals surface area (Å²) in [4.78, 5) is 3.96. The van der Waals surface area contributed by atoms with Crippen molar-refractivity contribution in [1.82, 2.24) is 14.8 Å². The minimum Gasteiger partial charge on any atom is -0.486 e. The second kappa shape index (κ2) is 10.8. The van der Waals surface area contributed by atoms with Gasteiger partial charge in [0.2, 0.25) is 0 Å². The Hall–Kier alpha value is -2.68. The SMILES string of the molecule is CC(Oc1ccc(N)c(C(=N)/C=C/c2cnn(CCS(C)=O)c2)c1)c1c(Cl)cncc1Cl. The van der Waals surface area contributed by atoms with E-state index in [1.807, 2.05) is 13.1 Å². The van der Waals surface area contributed by atoms with Crippen molar-refractivity contribution < 1.29 is 8.95 Å². The quantitative estimate of drug-likeness (QED) is 0.331. The van der Waals surface area contributed by atoms with Crippen LogP contribution in [0, 0.1) is 5.41 Å². The molecule has 0 bridgehead atoms. The summed E-state index contributed by atoms with van der Waals surface area (Å²) in [6.45, 7) is 2.41. The van der Waals surface area contributed by atoms with E-state index in [4.69, 9.17) is 39.1 Å². The summed E-state index contributed by atoms with van der Waals surface area (Å²) in [6.07, 6.45) is 11.2. The number of nitrogen functional groups attached to an aromatic ring is 1. The first-order valence-corrected chi connectivity index (χ1v) is 12.2. The molecule has 3 aromatic rings.